The molecule has 0 aliphatic carbocycles. The van der Waals surface area contributed by atoms with Crippen LogP contribution in [-0.2, 0) is 0 Å². The molecule has 4 heteroatoms. The molecule has 0 heterocycles. The Morgan fingerprint density at radius 2 is 1.89 bits per heavy atom. The number of rotatable bonds is 5. The van der Waals surface area contributed by atoms with Crippen molar-refractivity contribution in [2.24, 2.45) is 0 Å². The maximum atomic E-state index is 13.8. The number of aliphatic hydroxyl groups is 1. The van der Waals surface area contributed by atoms with Gasteiger partial charge in [-0.05, 0) is 38.3 Å². The van der Waals surface area contributed by atoms with Crippen LogP contribution in [0.4, 0.5) is 15.8 Å². The number of halogens is 1. The Hall–Kier alpha value is -1.29. The number of nitrogens with one attached hydrogen (secondary N) is 1. The highest BCUT2D eigenvalue weighted by atomic mass is 19.1. The number of aryl methyl sites for hydroxylation is 1. The third-order valence-electron chi connectivity index (χ3n) is 3.62. The van der Waals surface area contributed by atoms with Gasteiger partial charge in [-0.25, -0.2) is 4.39 Å². The Morgan fingerprint density at radius 3 is 2.39 bits per heavy atom. The third-order valence-corrected chi connectivity index (χ3v) is 3.62. The molecule has 0 radical (unpaired) electrons. The van der Waals surface area contributed by atoms with Gasteiger partial charge in [0, 0.05) is 12.1 Å². The second kappa shape index (κ2) is 5.57. The van der Waals surface area contributed by atoms with Crippen LogP contribution in [0.1, 0.15) is 37.8 Å². The van der Waals surface area contributed by atoms with E-state index in [2.05, 4.69) is 5.32 Å². The van der Waals surface area contributed by atoms with Crippen LogP contribution in [0.5, 0.6) is 0 Å². The van der Waals surface area contributed by atoms with Crippen molar-refractivity contribution in [1.29, 1.82) is 0 Å². The normalized spacial score (nSPS) is 11.7. The fourth-order valence-electron chi connectivity index (χ4n) is 1.98. The highest BCUT2D eigenvalue weighted by Gasteiger charge is 2.22. The first kappa shape index (κ1) is 14.8. The Balaban J connectivity index is 2.96. The lowest BCUT2D eigenvalue weighted by Gasteiger charge is -2.27. The van der Waals surface area contributed by atoms with Gasteiger partial charge in [0.25, 0.3) is 0 Å². The van der Waals surface area contributed by atoms with Gasteiger partial charge in [-0.3, -0.25) is 0 Å². The van der Waals surface area contributed by atoms with E-state index in [4.69, 9.17) is 5.73 Å². The van der Waals surface area contributed by atoms with Crippen LogP contribution in [-0.4, -0.2) is 17.3 Å². The Labute approximate surface area is 108 Å². The maximum Gasteiger partial charge on any atom is 0.131 e. The van der Waals surface area contributed by atoms with Crippen LogP contribution in [0.25, 0.3) is 0 Å². The molecule has 0 spiro atoms. The van der Waals surface area contributed by atoms with Crippen molar-refractivity contribution in [1.82, 2.24) is 0 Å². The summed E-state index contributed by atoms with van der Waals surface area (Å²) in [4.78, 5) is 0. The number of hydrogen-bond donors (Lipinski definition) is 3. The SMILES string of the molecule is CCC(O)(CC)CNc1c(N)cc(C)c(F)c1C. The van der Waals surface area contributed by atoms with Crippen LogP contribution in [0, 0.1) is 19.7 Å². The quantitative estimate of drug-likeness (QED) is 0.708. The summed E-state index contributed by atoms with van der Waals surface area (Å²) >= 11 is 0. The Kier molecular flexibility index (Phi) is 4.57. The monoisotopic (exact) mass is 254 g/mol. The molecule has 0 unspecified atom stereocenters. The molecule has 0 amide bonds. The molecular formula is C14H23FN2O. The van der Waals surface area contributed by atoms with E-state index in [9.17, 15) is 9.50 Å². The van der Waals surface area contributed by atoms with E-state index < -0.39 is 5.60 Å². The molecule has 0 aliphatic heterocycles. The molecular weight excluding hydrogens is 231 g/mol. The summed E-state index contributed by atoms with van der Waals surface area (Å²) < 4.78 is 13.8. The number of benzene rings is 1. The van der Waals surface area contributed by atoms with E-state index in [-0.39, 0.29) is 5.82 Å². The van der Waals surface area contributed by atoms with Crippen molar-refractivity contribution in [2.75, 3.05) is 17.6 Å². The number of nitrogens with two attached hydrogens (primary N) is 1. The minimum Gasteiger partial charge on any atom is -0.397 e. The standard InChI is InChI=1S/C14H23FN2O/c1-5-14(18,6-2)8-17-13-10(4)12(15)9(3)7-11(13)16/h7,17-18H,5-6,8,16H2,1-4H3. The van der Waals surface area contributed by atoms with E-state index in [1.807, 2.05) is 13.8 Å². The lowest BCUT2D eigenvalue weighted by atomic mass is 9.97. The molecule has 1 aromatic carbocycles. The van der Waals surface area contributed by atoms with Crippen molar-refractivity contribution >= 4 is 11.4 Å². The van der Waals surface area contributed by atoms with Crippen molar-refractivity contribution in [3.05, 3.63) is 23.0 Å². The highest BCUT2D eigenvalue weighted by Crippen LogP contribution is 2.29. The van der Waals surface area contributed by atoms with E-state index in [0.717, 1.165) is 0 Å². The first-order chi connectivity index (χ1) is 8.34. The van der Waals surface area contributed by atoms with Gasteiger partial charge in [-0.2, -0.15) is 0 Å². The van der Waals surface area contributed by atoms with Crippen LogP contribution < -0.4 is 11.1 Å². The minimum absolute atomic E-state index is 0.247. The topological polar surface area (TPSA) is 58.3 Å². The molecule has 3 nitrogen and oxygen atoms in total. The zero-order valence-electron chi connectivity index (χ0n) is 11.6. The Morgan fingerprint density at radius 1 is 1.33 bits per heavy atom. The summed E-state index contributed by atoms with van der Waals surface area (Å²) in [5, 5.41) is 13.3. The fourth-order valence-corrected chi connectivity index (χ4v) is 1.98. The summed E-state index contributed by atoms with van der Waals surface area (Å²) in [6.45, 7) is 7.61. The molecule has 0 bridgehead atoms. The van der Waals surface area contributed by atoms with Crippen molar-refractivity contribution in [3.8, 4) is 0 Å². The van der Waals surface area contributed by atoms with Crippen LogP contribution in [0.3, 0.4) is 0 Å². The maximum absolute atomic E-state index is 13.8. The van der Waals surface area contributed by atoms with E-state index >= 15 is 0 Å². The molecule has 18 heavy (non-hydrogen) atoms. The van der Waals surface area contributed by atoms with Gasteiger partial charge in [0.15, 0.2) is 0 Å². The van der Waals surface area contributed by atoms with Gasteiger partial charge < -0.3 is 16.2 Å². The first-order valence-corrected chi connectivity index (χ1v) is 6.36. The lowest BCUT2D eigenvalue weighted by Crippen LogP contribution is -2.35. The molecule has 4 N–H and O–H groups in total. The second-order valence-corrected chi connectivity index (χ2v) is 4.88. The number of anilines is 2. The smallest absolute Gasteiger partial charge is 0.131 e. The lowest BCUT2D eigenvalue weighted by molar-refractivity contribution is 0.0457. The first-order valence-electron chi connectivity index (χ1n) is 6.36. The second-order valence-electron chi connectivity index (χ2n) is 4.88. The molecule has 102 valence electrons. The predicted octanol–water partition coefficient (Wildman–Crippen LogP) is 2.99. The van der Waals surface area contributed by atoms with E-state index in [0.29, 0.717) is 41.9 Å². The minimum atomic E-state index is -0.778. The predicted molar refractivity (Wildman–Crippen MR) is 74.3 cm³/mol. The molecule has 0 saturated heterocycles. The highest BCUT2D eigenvalue weighted by molar-refractivity contribution is 5.71. The molecule has 1 rings (SSSR count). The number of nitrogen functional groups attached to an aromatic ring is 1. The summed E-state index contributed by atoms with van der Waals surface area (Å²) in [7, 11) is 0. The largest absolute Gasteiger partial charge is 0.397 e. The zero-order chi connectivity index (χ0) is 13.9. The van der Waals surface area contributed by atoms with Crippen molar-refractivity contribution in [3.63, 3.8) is 0 Å². The molecule has 0 aromatic heterocycles. The van der Waals surface area contributed by atoms with Gasteiger partial charge in [0.1, 0.15) is 5.82 Å². The van der Waals surface area contributed by atoms with Gasteiger partial charge in [0.2, 0.25) is 0 Å². The Bertz CT molecular complexity index is 428. The molecule has 1 aromatic rings. The zero-order valence-corrected chi connectivity index (χ0v) is 11.6. The van der Waals surface area contributed by atoms with Crippen LogP contribution in [0.15, 0.2) is 6.07 Å². The molecule has 0 aliphatic rings. The van der Waals surface area contributed by atoms with E-state index in [1.54, 1.807) is 19.9 Å². The molecule has 0 fully saturated rings. The summed E-state index contributed by atoms with van der Waals surface area (Å²) in [5.74, 6) is -0.247. The van der Waals surface area contributed by atoms with E-state index in [1.165, 1.54) is 0 Å². The fraction of sp³-hybridized carbons (Fsp3) is 0.571. The van der Waals surface area contributed by atoms with Crippen LogP contribution in [0.2, 0.25) is 0 Å². The van der Waals surface area contributed by atoms with Gasteiger partial charge >= 0.3 is 0 Å². The third kappa shape index (κ3) is 2.93. The van der Waals surface area contributed by atoms with Crippen LogP contribution >= 0.6 is 0 Å². The summed E-state index contributed by atoms with van der Waals surface area (Å²) in [6.07, 6.45) is 1.29. The molecule has 0 saturated carbocycles. The average Bonchev–Trinajstić information content (AvgIpc) is 2.35. The van der Waals surface area contributed by atoms with Gasteiger partial charge in [0.05, 0.1) is 17.0 Å². The number of hydrogen-bond acceptors (Lipinski definition) is 3. The summed E-state index contributed by atoms with van der Waals surface area (Å²) in [6, 6.07) is 1.61. The summed E-state index contributed by atoms with van der Waals surface area (Å²) in [5.41, 5.74) is 7.25. The van der Waals surface area contributed by atoms with Crippen molar-refractivity contribution in [2.45, 2.75) is 46.1 Å². The van der Waals surface area contributed by atoms with Crippen molar-refractivity contribution < 1.29 is 9.50 Å². The molecule has 0 atom stereocenters. The van der Waals surface area contributed by atoms with Gasteiger partial charge in [-0.15, -0.1) is 0 Å². The van der Waals surface area contributed by atoms with Gasteiger partial charge in [-0.1, -0.05) is 13.8 Å². The average molecular weight is 254 g/mol.